The second-order valence-corrected chi connectivity index (χ2v) is 7.20. The van der Waals surface area contributed by atoms with E-state index in [9.17, 15) is 14.0 Å². The number of amides is 1. The third kappa shape index (κ3) is 5.93. The number of rotatable bonds is 8. The Morgan fingerprint density at radius 1 is 0.897 bits per heavy atom. The lowest BCUT2D eigenvalue weighted by atomic mass is 10.1. The van der Waals surface area contributed by atoms with Gasteiger partial charge in [0.25, 0.3) is 5.91 Å². The monoisotopic (exact) mass is 409 g/mol. The highest BCUT2D eigenvalue weighted by Gasteiger charge is 2.09. The number of anilines is 1. The highest BCUT2D eigenvalue weighted by Crippen LogP contribution is 2.22. The lowest BCUT2D eigenvalue weighted by molar-refractivity contribution is 0.101. The zero-order chi connectivity index (χ0) is 20.6. The number of thioether (sulfide) groups is 1. The second-order valence-electron chi connectivity index (χ2n) is 6.15. The van der Waals surface area contributed by atoms with Crippen molar-refractivity contribution in [2.24, 2.45) is 0 Å². The highest BCUT2D eigenvalue weighted by atomic mass is 32.2. The topological polar surface area (TPSA) is 55.4 Å². The molecule has 1 N–H and O–H groups in total. The zero-order valence-electron chi connectivity index (χ0n) is 15.9. The molecule has 29 heavy (non-hydrogen) atoms. The maximum Gasteiger partial charge on any atom is 0.255 e. The molecule has 0 unspecified atom stereocenters. The molecule has 3 rings (SSSR count). The van der Waals surface area contributed by atoms with Crippen LogP contribution in [0.4, 0.5) is 10.1 Å². The van der Waals surface area contributed by atoms with Crippen LogP contribution in [0.2, 0.25) is 0 Å². The number of carbonyl (C=O) groups excluding carboxylic acids is 2. The maximum atomic E-state index is 12.9. The van der Waals surface area contributed by atoms with E-state index in [2.05, 4.69) is 5.32 Å². The molecule has 1 amide bonds. The van der Waals surface area contributed by atoms with Crippen molar-refractivity contribution < 1.29 is 18.7 Å². The number of hydrogen-bond acceptors (Lipinski definition) is 4. The third-order valence-electron chi connectivity index (χ3n) is 4.08. The van der Waals surface area contributed by atoms with E-state index in [-0.39, 0.29) is 17.5 Å². The standard InChI is InChI=1S/C23H20FNO3S/c1-2-28-20-11-5-16(6-12-20)22(26)15-29-21-13-9-19(10-14-21)25-23(27)17-3-7-18(24)8-4-17/h3-14H,2,15H2,1H3,(H,25,27). The van der Waals surface area contributed by atoms with Crippen LogP contribution in [0, 0.1) is 5.82 Å². The molecule has 148 valence electrons. The Morgan fingerprint density at radius 3 is 2.14 bits per heavy atom. The van der Waals surface area contributed by atoms with E-state index < -0.39 is 0 Å². The number of hydrogen-bond donors (Lipinski definition) is 1. The summed E-state index contributed by atoms with van der Waals surface area (Å²) in [6, 6.07) is 19.7. The Morgan fingerprint density at radius 2 is 1.52 bits per heavy atom. The van der Waals surface area contributed by atoms with Crippen molar-refractivity contribution in [3.63, 3.8) is 0 Å². The Bertz CT molecular complexity index is 971. The largest absolute Gasteiger partial charge is 0.494 e. The van der Waals surface area contributed by atoms with Crippen molar-refractivity contribution in [1.82, 2.24) is 0 Å². The van der Waals surface area contributed by atoms with Crippen LogP contribution >= 0.6 is 11.8 Å². The number of halogens is 1. The summed E-state index contributed by atoms with van der Waals surface area (Å²) in [6.07, 6.45) is 0. The van der Waals surface area contributed by atoms with Gasteiger partial charge in [-0.2, -0.15) is 0 Å². The SMILES string of the molecule is CCOc1ccc(C(=O)CSc2ccc(NC(=O)c3ccc(F)cc3)cc2)cc1. The van der Waals surface area contributed by atoms with Gasteiger partial charge < -0.3 is 10.1 Å². The molecule has 0 aliphatic heterocycles. The summed E-state index contributed by atoms with van der Waals surface area (Å²) in [6.45, 7) is 2.50. The van der Waals surface area contributed by atoms with Gasteiger partial charge in [-0.05, 0) is 79.7 Å². The first kappa shape index (κ1) is 20.6. The number of ether oxygens (including phenoxy) is 1. The van der Waals surface area contributed by atoms with E-state index in [0.717, 1.165) is 10.6 Å². The summed E-state index contributed by atoms with van der Waals surface area (Å²) in [5.74, 6) is 0.399. The predicted molar refractivity (Wildman–Crippen MR) is 113 cm³/mol. The van der Waals surface area contributed by atoms with Crippen LogP contribution in [-0.4, -0.2) is 24.1 Å². The summed E-state index contributed by atoms with van der Waals surface area (Å²) in [4.78, 5) is 25.4. The lowest BCUT2D eigenvalue weighted by Crippen LogP contribution is -2.11. The summed E-state index contributed by atoms with van der Waals surface area (Å²) in [5, 5.41) is 2.76. The first-order chi connectivity index (χ1) is 14.0. The number of nitrogens with one attached hydrogen (secondary N) is 1. The van der Waals surface area contributed by atoms with Gasteiger partial charge in [0, 0.05) is 21.7 Å². The Kier molecular flexibility index (Phi) is 7.03. The average molecular weight is 409 g/mol. The van der Waals surface area contributed by atoms with Crippen LogP contribution < -0.4 is 10.1 Å². The van der Waals surface area contributed by atoms with E-state index in [0.29, 0.717) is 29.2 Å². The van der Waals surface area contributed by atoms with Gasteiger partial charge >= 0.3 is 0 Å². The fourth-order valence-electron chi connectivity index (χ4n) is 2.57. The van der Waals surface area contributed by atoms with Crippen LogP contribution in [-0.2, 0) is 0 Å². The van der Waals surface area contributed by atoms with Gasteiger partial charge in [0.05, 0.1) is 12.4 Å². The molecule has 0 atom stereocenters. The van der Waals surface area contributed by atoms with Crippen LogP contribution in [0.1, 0.15) is 27.6 Å². The average Bonchev–Trinajstić information content (AvgIpc) is 2.74. The molecule has 6 heteroatoms. The number of benzene rings is 3. The molecule has 0 spiro atoms. The molecular weight excluding hydrogens is 389 g/mol. The summed E-state index contributed by atoms with van der Waals surface area (Å²) in [7, 11) is 0. The van der Waals surface area contributed by atoms with Gasteiger partial charge in [0.2, 0.25) is 0 Å². The highest BCUT2D eigenvalue weighted by molar-refractivity contribution is 8.00. The van der Waals surface area contributed by atoms with E-state index in [4.69, 9.17) is 4.74 Å². The van der Waals surface area contributed by atoms with Crippen molar-refractivity contribution >= 4 is 29.1 Å². The second kappa shape index (κ2) is 9.89. The minimum Gasteiger partial charge on any atom is -0.494 e. The number of Topliss-reactive ketones (excluding diaryl/α,β-unsaturated/α-hetero) is 1. The molecule has 3 aromatic rings. The van der Waals surface area contributed by atoms with E-state index in [1.54, 1.807) is 36.4 Å². The molecule has 0 saturated heterocycles. The third-order valence-corrected chi connectivity index (χ3v) is 5.09. The van der Waals surface area contributed by atoms with Crippen molar-refractivity contribution in [1.29, 1.82) is 0 Å². The molecule has 0 aliphatic carbocycles. The molecule has 0 saturated carbocycles. The summed E-state index contributed by atoms with van der Waals surface area (Å²) in [5.41, 5.74) is 1.65. The van der Waals surface area contributed by atoms with Crippen LogP contribution in [0.15, 0.2) is 77.7 Å². The van der Waals surface area contributed by atoms with E-state index in [1.807, 2.05) is 19.1 Å². The normalized spacial score (nSPS) is 10.4. The fourth-order valence-corrected chi connectivity index (χ4v) is 3.37. The van der Waals surface area contributed by atoms with Gasteiger partial charge in [-0.25, -0.2) is 4.39 Å². The number of carbonyl (C=O) groups is 2. The van der Waals surface area contributed by atoms with Crippen molar-refractivity contribution in [3.8, 4) is 5.75 Å². The zero-order valence-corrected chi connectivity index (χ0v) is 16.7. The Balaban J connectivity index is 1.52. The van der Waals surface area contributed by atoms with Gasteiger partial charge in [-0.1, -0.05) is 0 Å². The lowest BCUT2D eigenvalue weighted by Gasteiger charge is -2.07. The fraction of sp³-hybridized carbons (Fsp3) is 0.130. The smallest absolute Gasteiger partial charge is 0.255 e. The molecular formula is C23H20FNO3S. The summed E-state index contributed by atoms with van der Waals surface area (Å²) >= 11 is 1.43. The van der Waals surface area contributed by atoms with Gasteiger partial charge in [-0.3, -0.25) is 9.59 Å². The van der Waals surface area contributed by atoms with E-state index in [1.165, 1.54) is 36.0 Å². The predicted octanol–water partition coefficient (Wildman–Crippen LogP) is 5.45. The van der Waals surface area contributed by atoms with Gasteiger partial charge in [-0.15, -0.1) is 11.8 Å². The van der Waals surface area contributed by atoms with Gasteiger partial charge in [0.1, 0.15) is 11.6 Å². The molecule has 0 heterocycles. The quantitative estimate of drug-likeness (QED) is 0.397. The Hall–Kier alpha value is -3.12. The molecule has 4 nitrogen and oxygen atoms in total. The molecule has 3 aromatic carbocycles. The van der Waals surface area contributed by atoms with Crippen LogP contribution in [0.25, 0.3) is 0 Å². The number of ketones is 1. The van der Waals surface area contributed by atoms with Crippen LogP contribution in [0.3, 0.4) is 0 Å². The Labute approximate surface area is 173 Å². The van der Waals surface area contributed by atoms with Crippen molar-refractivity contribution in [2.75, 3.05) is 17.7 Å². The maximum absolute atomic E-state index is 12.9. The first-order valence-corrected chi connectivity index (χ1v) is 10.1. The molecule has 0 aromatic heterocycles. The molecule has 0 radical (unpaired) electrons. The molecule has 0 aliphatic rings. The first-order valence-electron chi connectivity index (χ1n) is 9.11. The molecule has 0 fully saturated rings. The minimum atomic E-state index is -0.386. The summed E-state index contributed by atoms with van der Waals surface area (Å²) < 4.78 is 18.3. The van der Waals surface area contributed by atoms with Gasteiger partial charge in [0.15, 0.2) is 5.78 Å². The molecule has 0 bridgehead atoms. The van der Waals surface area contributed by atoms with Crippen molar-refractivity contribution in [3.05, 3.63) is 89.7 Å². The van der Waals surface area contributed by atoms with Crippen LogP contribution in [0.5, 0.6) is 5.75 Å². The van der Waals surface area contributed by atoms with Crippen molar-refractivity contribution in [2.45, 2.75) is 11.8 Å². The van der Waals surface area contributed by atoms with E-state index >= 15 is 0 Å². The minimum absolute atomic E-state index is 0.0340.